The topological polar surface area (TPSA) is 32.3 Å². The van der Waals surface area contributed by atoms with Crippen LogP contribution in [0.4, 0.5) is 0 Å². The molecule has 1 aliphatic carbocycles. The van der Waals surface area contributed by atoms with Crippen LogP contribution in [0.15, 0.2) is 96.2 Å². The lowest BCUT2D eigenvalue weighted by atomic mass is 9.99. The first kappa shape index (κ1) is 20.8. The number of benzene rings is 2. The van der Waals surface area contributed by atoms with Crippen molar-refractivity contribution in [1.29, 1.82) is 0 Å². The first-order chi connectivity index (χ1) is 14.0. The van der Waals surface area contributed by atoms with Gasteiger partial charge in [-0.3, -0.25) is 9.69 Å². The van der Waals surface area contributed by atoms with Crippen molar-refractivity contribution in [1.82, 2.24) is 10.2 Å². The van der Waals surface area contributed by atoms with E-state index >= 15 is 0 Å². The Labute approximate surface area is 174 Å². The summed E-state index contributed by atoms with van der Waals surface area (Å²) in [5.74, 6) is 0.223. The number of amides is 1. The molecular weight excluding hydrogens is 356 g/mol. The Kier molecular flexibility index (Phi) is 7.20. The van der Waals surface area contributed by atoms with Crippen molar-refractivity contribution < 1.29 is 4.79 Å². The summed E-state index contributed by atoms with van der Waals surface area (Å²) in [5, 5.41) is 3.15. The van der Waals surface area contributed by atoms with Crippen molar-refractivity contribution in [3.05, 3.63) is 107 Å². The van der Waals surface area contributed by atoms with Gasteiger partial charge in [-0.1, -0.05) is 98.8 Å². The highest BCUT2D eigenvalue weighted by atomic mass is 16.2. The molecular formula is C26H30N2O. The molecule has 0 radical (unpaired) electrons. The van der Waals surface area contributed by atoms with E-state index in [1.807, 2.05) is 67.6 Å². The molecule has 1 unspecified atom stereocenters. The van der Waals surface area contributed by atoms with Gasteiger partial charge in [0.25, 0.3) is 0 Å². The number of nitrogens with zero attached hydrogens (tertiary/aromatic N) is 1. The SMILES string of the molecule is CC(NC(=O)C(C(C)C)N(Cc1ccccc1)Cc1ccccc1)=C1C=CC=C1. The zero-order chi connectivity index (χ0) is 20.6. The zero-order valence-corrected chi connectivity index (χ0v) is 17.5. The molecule has 3 nitrogen and oxygen atoms in total. The number of allylic oxidation sites excluding steroid dienone is 6. The van der Waals surface area contributed by atoms with E-state index in [0.29, 0.717) is 0 Å². The van der Waals surface area contributed by atoms with E-state index in [2.05, 4.69) is 48.3 Å². The highest BCUT2D eigenvalue weighted by Gasteiger charge is 2.29. The average molecular weight is 387 g/mol. The first-order valence-electron chi connectivity index (χ1n) is 10.2. The average Bonchev–Trinajstić information content (AvgIpc) is 3.24. The van der Waals surface area contributed by atoms with E-state index in [1.54, 1.807) is 0 Å². The van der Waals surface area contributed by atoms with Crippen LogP contribution in [0, 0.1) is 5.92 Å². The van der Waals surface area contributed by atoms with E-state index in [-0.39, 0.29) is 17.9 Å². The molecule has 0 saturated heterocycles. The van der Waals surface area contributed by atoms with Gasteiger partial charge in [-0.15, -0.1) is 0 Å². The third-order valence-electron chi connectivity index (χ3n) is 5.16. The quantitative estimate of drug-likeness (QED) is 0.674. The summed E-state index contributed by atoms with van der Waals surface area (Å²) in [5.41, 5.74) is 4.36. The van der Waals surface area contributed by atoms with Gasteiger partial charge in [-0.25, -0.2) is 0 Å². The van der Waals surface area contributed by atoms with Crippen LogP contribution in [0.3, 0.4) is 0 Å². The van der Waals surface area contributed by atoms with Crippen molar-refractivity contribution in [3.63, 3.8) is 0 Å². The molecule has 0 aromatic heterocycles. The minimum absolute atomic E-state index is 0.0468. The smallest absolute Gasteiger partial charge is 0.241 e. The van der Waals surface area contributed by atoms with Crippen LogP contribution in [0.1, 0.15) is 31.9 Å². The van der Waals surface area contributed by atoms with Crippen molar-refractivity contribution >= 4 is 5.91 Å². The molecule has 0 spiro atoms. The molecule has 1 atom stereocenters. The van der Waals surface area contributed by atoms with Gasteiger partial charge in [-0.05, 0) is 29.5 Å². The van der Waals surface area contributed by atoms with Gasteiger partial charge in [0.2, 0.25) is 5.91 Å². The number of carbonyl (C=O) groups excluding carboxylic acids is 1. The van der Waals surface area contributed by atoms with Crippen molar-refractivity contribution in [3.8, 4) is 0 Å². The molecule has 2 aromatic carbocycles. The summed E-state index contributed by atoms with van der Waals surface area (Å²) in [6, 6.07) is 20.5. The standard InChI is InChI=1S/C26H30N2O/c1-20(2)25(26(29)27-21(3)24-16-10-11-17-24)28(18-22-12-6-4-7-13-22)19-23-14-8-5-9-15-23/h4-17,20,25H,18-19H2,1-3H3,(H,27,29). The summed E-state index contributed by atoms with van der Waals surface area (Å²) in [7, 11) is 0. The van der Waals surface area contributed by atoms with Crippen molar-refractivity contribution in [2.75, 3.05) is 0 Å². The second kappa shape index (κ2) is 10.0. The minimum Gasteiger partial charge on any atom is -0.328 e. The van der Waals surface area contributed by atoms with Gasteiger partial charge in [0, 0.05) is 18.8 Å². The minimum atomic E-state index is -0.236. The molecule has 0 fully saturated rings. The molecule has 0 heterocycles. The fourth-order valence-electron chi connectivity index (χ4n) is 3.73. The lowest BCUT2D eigenvalue weighted by Crippen LogP contribution is -2.49. The zero-order valence-electron chi connectivity index (χ0n) is 17.5. The normalized spacial score (nSPS) is 13.9. The Morgan fingerprint density at radius 2 is 1.34 bits per heavy atom. The Morgan fingerprint density at radius 1 is 0.862 bits per heavy atom. The molecule has 0 saturated carbocycles. The van der Waals surface area contributed by atoms with E-state index in [0.717, 1.165) is 24.4 Å². The molecule has 3 rings (SSSR count). The predicted octanol–water partition coefficient (Wildman–Crippen LogP) is 5.23. The van der Waals surface area contributed by atoms with Crippen molar-refractivity contribution in [2.24, 2.45) is 5.92 Å². The predicted molar refractivity (Wildman–Crippen MR) is 120 cm³/mol. The molecule has 150 valence electrons. The van der Waals surface area contributed by atoms with E-state index < -0.39 is 0 Å². The number of hydrogen-bond acceptors (Lipinski definition) is 2. The monoisotopic (exact) mass is 386 g/mol. The largest absolute Gasteiger partial charge is 0.328 e. The van der Waals surface area contributed by atoms with Gasteiger partial charge < -0.3 is 5.32 Å². The third-order valence-corrected chi connectivity index (χ3v) is 5.16. The van der Waals surface area contributed by atoms with Crippen LogP contribution in [0.2, 0.25) is 0 Å². The summed E-state index contributed by atoms with van der Waals surface area (Å²) in [6.45, 7) is 7.64. The van der Waals surface area contributed by atoms with Gasteiger partial charge in [0.15, 0.2) is 0 Å². The van der Waals surface area contributed by atoms with Crippen LogP contribution in [-0.2, 0) is 17.9 Å². The Bertz CT molecular complexity index is 839. The van der Waals surface area contributed by atoms with Crippen molar-refractivity contribution in [2.45, 2.75) is 39.9 Å². The molecule has 29 heavy (non-hydrogen) atoms. The van der Waals surface area contributed by atoms with E-state index in [1.165, 1.54) is 11.1 Å². The molecule has 3 heteroatoms. The molecule has 0 bridgehead atoms. The van der Waals surface area contributed by atoms with E-state index in [9.17, 15) is 4.79 Å². The molecule has 1 aliphatic rings. The third kappa shape index (κ3) is 5.78. The molecule has 2 aromatic rings. The highest BCUT2D eigenvalue weighted by molar-refractivity contribution is 5.84. The van der Waals surface area contributed by atoms with Crippen LogP contribution < -0.4 is 5.32 Å². The number of hydrogen-bond donors (Lipinski definition) is 1. The van der Waals surface area contributed by atoms with Gasteiger partial charge in [0.1, 0.15) is 0 Å². The Morgan fingerprint density at radius 3 is 1.79 bits per heavy atom. The second-order valence-electron chi connectivity index (χ2n) is 7.85. The maximum absolute atomic E-state index is 13.3. The maximum atomic E-state index is 13.3. The number of rotatable bonds is 8. The molecule has 1 N–H and O–H groups in total. The maximum Gasteiger partial charge on any atom is 0.241 e. The van der Waals surface area contributed by atoms with Crippen LogP contribution in [0.5, 0.6) is 0 Å². The summed E-state index contributed by atoms with van der Waals surface area (Å²) in [4.78, 5) is 15.6. The fraction of sp³-hybridized carbons (Fsp3) is 0.269. The van der Waals surface area contributed by atoms with Gasteiger partial charge in [-0.2, -0.15) is 0 Å². The lowest BCUT2D eigenvalue weighted by molar-refractivity contribution is -0.127. The second-order valence-corrected chi connectivity index (χ2v) is 7.85. The number of carbonyl (C=O) groups is 1. The summed E-state index contributed by atoms with van der Waals surface area (Å²) < 4.78 is 0. The van der Waals surface area contributed by atoms with Crippen LogP contribution in [0.25, 0.3) is 0 Å². The number of nitrogens with one attached hydrogen (secondary N) is 1. The molecule has 1 amide bonds. The van der Waals surface area contributed by atoms with Gasteiger partial charge in [0.05, 0.1) is 6.04 Å². The Hall–Kier alpha value is -2.91. The van der Waals surface area contributed by atoms with Crippen LogP contribution >= 0.6 is 0 Å². The van der Waals surface area contributed by atoms with E-state index in [4.69, 9.17) is 0 Å². The first-order valence-corrected chi connectivity index (χ1v) is 10.2. The van der Waals surface area contributed by atoms with Gasteiger partial charge >= 0.3 is 0 Å². The summed E-state index contributed by atoms with van der Waals surface area (Å²) >= 11 is 0. The highest BCUT2D eigenvalue weighted by Crippen LogP contribution is 2.20. The van der Waals surface area contributed by atoms with Crippen LogP contribution in [-0.4, -0.2) is 16.8 Å². The summed E-state index contributed by atoms with van der Waals surface area (Å²) in [6.07, 6.45) is 8.02. The molecule has 0 aliphatic heterocycles. The lowest BCUT2D eigenvalue weighted by Gasteiger charge is -2.34. The Balaban J connectivity index is 1.86. The fourth-order valence-corrected chi connectivity index (χ4v) is 3.73.